The third-order valence-electron chi connectivity index (χ3n) is 4.88. The highest BCUT2D eigenvalue weighted by Gasteiger charge is 2.35. The average molecular weight is 514 g/mol. The molecule has 2 amide bonds. The number of hydrogen-bond donors (Lipinski definition) is 0. The normalized spacial score (nSPS) is 14.6. The largest absolute Gasteiger partial charge is 0.493 e. The molecule has 1 aliphatic rings. The summed E-state index contributed by atoms with van der Waals surface area (Å²) in [5.74, 6) is -0.790. The molecule has 1 heterocycles. The van der Waals surface area contributed by atoms with Gasteiger partial charge in [-0.1, -0.05) is 53.5 Å². The first kappa shape index (κ1) is 23.9. The highest BCUT2D eigenvalue weighted by Crippen LogP contribution is 2.39. The number of rotatable bonds is 6. The Morgan fingerprint density at radius 1 is 1.03 bits per heavy atom. The molecule has 0 bridgehead atoms. The van der Waals surface area contributed by atoms with E-state index in [9.17, 15) is 14.4 Å². The maximum Gasteiger partial charge on any atom is 0.343 e. The van der Waals surface area contributed by atoms with E-state index in [1.54, 1.807) is 24.3 Å². The second-order valence-corrected chi connectivity index (χ2v) is 9.02. The maximum atomic E-state index is 12.8. The molecule has 9 heteroatoms. The first-order valence-electron chi connectivity index (χ1n) is 10.0. The van der Waals surface area contributed by atoms with Gasteiger partial charge in [0.15, 0.2) is 11.5 Å². The Morgan fingerprint density at radius 2 is 1.74 bits per heavy atom. The number of benzene rings is 3. The summed E-state index contributed by atoms with van der Waals surface area (Å²) in [6.45, 7) is 0.187. The van der Waals surface area contributed by atoms with Gasteiger partial charge in [-0.25, -0.2) is 4.79 Å². The molecule has 0 N–H and O–H groups in total. The van der Waals surface area contributed by atoms with E-state index in [1.165, 1.54) is 30.2 Å². The zero-order chi connectivity index (χ0) is 24.2. The average Bonchev–Trinajstić information content (AvgIpc) is 3.08. The van der Waals surface area contributed by atoms with Gasteiger partial charge in [0.25, 0.3) is 11.1 Å². The van der Waals surface area contributed by atoms with Crippen molar-refractivity contribution in [2.24, 2.45) is 0 Å². The van der Waals surface area contributed by atoms with Crippen molar-refractivity contribution in [1.29, 1.82) is 0 Å². The van der Waals surface area contributed by atoms with Gasteiger partial charge in [0.2, 0.25) is 0 Å². The van der Waals surface area contributed by atoms with Crippen LogP contribution in [0.5, 0.6) is 11.5 Å². The van der Waals surface area contributed by atoms with Gasteiger partial charge in [0.05, 0.1) is 29.1 Å². The molecule has 0 aromatic heterocycles. The molecule has 0 unspecified atom stereocenters. The van der Waals surface area contributed by atoms with Crippen LogP contribution in [0.2, 0.25) is 10.0 Å². The Kier molecular flexibility index (Phi) is 7.26. The van der Waals surface area contributed by atoms with E-state index < -0.39 is 11.9 Å². The van der Waals surface area contributed by atoms with Crippen molar-refractivity contribution < 1.29 is 23.9 Å². The summed E-state index contributed by atoms with van der Waals surface area (Å²) in [4.78, 5) is 39.2. The zero-order valence-electron chi connectivity index (χ0n) is 17.8. The van der Waals surface area contributed by atoms with E-state index in [-0.39, 0.29) is 33.2 Å². The van der Waals surface area contributed by atoms with Gasteiger partial charge in [0, 0.05) is 5.02 Å². The van der Waals surface area contributed by atoms with Gasteiger partial charge in [-0.2, -0.15) is 0 Å². The van der Waals surface area contributed by atoms with Gasteiger partial charge in [-0.15, -0.1) is 0 Å². The van der Waals surface area contributed by atoms with Gasteiger partial charge < -0.3 is 9.47 Å². The topological polar surface area (TPSA) is 72.9 Å². The van der Waals surface area contributed by atoms with Crippen LogP contribution in [0, 0.1) is 0 Å². The number of halogens is 2. The zero-order valence-corrected chi connectivity index (χ0v) is 20.1. The lowest BCUT2D eigenvalue weighted by Gasteiger charge is -2.13. The van der Waals surface area contributed by atoms with Crippen molar-refractivity contribution in [3.63, 3.8) is 0 Å². The minimum Gasteiger partial charge on any atom is -0.493 e. The van der Waals surface area contributed by atoms with E-state index in [4.69, 9.17) is 32.7 Å². The molecule has 4 rings (SSSR count). The minimum atomic E-state index is -0.633. The molecule has 1 aliphatic heterocycles. The van der Waals surface area contributed by atoms with Gasteiger partial charge in [-0.05, 0) is 65.4 Å². The second kappa shape index (κ2) is 10.3. The predicted octanol–water partition coefficient (Wildman–Crippen LogP) is 6.46. The monoisotopic (exact) mass is 513 g/mol. The first-order valence-corrected chi connectivity index (χ1v) is 11.6. The molecule has 0 saturated carbocycles. The summed E-state index contributed by atoms with van der Waals surface area (Å²) in [7, 11) is 1.41. The lowest BCUT2D eigenvalue weighted by molar-refractivity contribution is -0.123. The third-order valence-corrected chi connectivity index (χ3v) is 6.32. The second-order valence-electron chi connectivity index (χ2n) is 7.18. The minimum absolute atomic E-state index is 0.0402. The molecule has 1 fully saturated rings. The number of carbonyl (C=O) groups excluding carboxylic acids is 3. The Morgan fingerprint density at radius 3 is 2.41 bits per heavy atom. The summed E-state index contributed by atoms with van der Waals surface area (Å²) in [6.07, 6.45) is 1.55. The molecule has 3 aromatic carbocycles. The van der Waals surface area contributed by atoms with E-state index in [0.29, 0.717) is 16.1 Å². The van der Waals surface area contributed by atoms with Crippen molar-refractivity contribution in [3.8, 4) is 11.5 Å². The predicted molar refractivity (Wildman–Crippen MR) is 132 cm³/mol. The molecule has 34 heavy (non-hydrogen) atoms. The van der Waals surface area contributed by atoms with Gasteiger partial charge >= 0.3 is 5.97 Å². The highest BCUT2D eigenvalue weighted by molar-refractivity contribution is 8.18. The molecular formula is C25H17Cl2NO5S. The van der Waals surface area contributed by atoms with Crippen molar-refractivity contribution in [3.05, 3.63) is 98.4 Å². The quantitative estimate of drug-likeness (QED) is 0.214. The highest BCUT2D eigenvalue weighted by atomic mass is 35.5. The fourth-order valence-corrected chi connectivity index (χ4v) is 4.44. The maximum absolute atomic E-state index is 12.8. The third kappa shape index (κ3) is 5.28. The molecule has 172 valence electrons. The SMILES string of the molecule is COc1cc(/C=C2\SC(=O)N(Cc3ccccc3)C2=O)cc(Cl)c1OC(=O)c1ccc(Cl)cc1. The van der Waals surface area contributed by atoms with Gasteiger partial charge in [0.1, 0.15) is 0 Å². The summed E-state index contributed by atoms with van der Waals surface area (Å²) in [6, 6.07) is 18.6. The number of methoxy groups -OCH3 is 1. The molecule has 0 atom stereocenters. The summed E-state index contributed by atoms with van der Waals surface area (Å²) >= 11 is 13.1. The molecule has 0 radical (unpaired) electrons. The van der Waals surface area contributed by atoms with E-state index in [0.717, 1.165) is 17.3 Å². The summed E-state index contributed by atoms with van der Waals surface area (Å²) < 4.78 is 10.8. The van der Waals surface area contributed by atoms with Crippen LogP contribution < -0.4 is 9.47 Å². The molecule has 0 aliphatic carbocycles. The van der Waals surface area contributed by atoms with Crippen LogP contribution in [-0.2, 0) is 11.3 Å². The molecule has 0 spiro atoms. The van der Waals surface area contributed by atoms with Crippen LogP contribution in [0.3, 0.4) is 0 Å². The lowest BCUT2D eigenvalue weighted by Crippen LogP contribution is -2.27. The van der Waals surface area contributed by atoms with E-state index >= 15 is 0 Å². The number of esters is 1. The van der Waals surface area contributed by atoms with Crippen molar-refractivity contribution in [2.75, 3.05) is 7.11 Å². The van der Waals surface area contributed by atoms with E-state index in [2.05, 4.69) is 0 Å². The van der Waals surface area contributed by atoms with Crippen LogP contribution in [0.25, 0.3) is 6.08 Å². The number of hydrogen-bond acceptors (Lipinski definition) is 6. The fraction of sp³-hybridized carbons (Fsp3) is 0.0800. The number of thioether (sulfide) groups is 1. The van der Waals surface area contributed by atoms with Crippen molar-refractivity contribution >= 4 is 58.2 Å². The van der Waals surface area contributed by atoms with Crippen LogP contribution in [0.1, 0.15) is 21.5 Å². The van der Waals surface area contributed by atoms with Gasteiger partial charge in [-0.3, -0.25) is 14.5 Å². The standard InChI is InChI=1S/C25H17Cl2NO5S/c1-32-20-12-16(11-19(27)22(20)33-24(30)17-7-9-18(26)10-8-17)13-21-23(29)28(25(31)34-21)14-15-5-3-2-4-6-15/h2-13H,14H2,1H3/b21-13-. The fourth-order valence-electron chi connectivity index (χ4n) is 3.21. The molecule has 3 aromatic rings. The smallest absolute Gasteiger partial charge is 0.343 e. The Hall–Kier alpha value is -3.26. The Bertz CT molecular complexity index is 1290. The number of nitrogens with zero attached hydrogens (tertiary/aromatic N) is 1. The number of amides is 2. The van der Waals surface area contributed by atoms with Crippen molar-refractivity contribution in [2.45, 2.75) is 6.54 Å². The Labute approximate surface area is 210 Å². The van der Waals surface area contributed by atoms with Crippen LogP contribution >= 0.6 is 35.0 Å². The van der Waals surface area contributed by atoms with Crippen LogP contribution in [0.15, 0.2) is 71.6 Å². The molecule has 6 nitrogen and oxygen atoms in total. The summed E-state index contributed by atoms with van der Waals surface area (Å²) in [5, 5.41) is 0.243. The lowest BCUT2D eigenvalue weighted by atomic mass is 10.1. The molecular weight excluding hydrogens is 497 g/mol. The van der Waals surface area contributed by atoms with Crippen LogP contribution in [-0.4, -0.2) is 29.1 Å². The molecule has 1 saturated heterocycles. The number of ether oxygens (including phenoxy) is 2. The number of imide groups is 1. The van der Waals surface area contributed by atoms with Crippen molar-refractivity contribution in [1.82, 2.24) is 4.90 Å². The van der Waals surface area contributed by atoms with Crippen LogP contribution in [0.4, 0.5) is 4.79 Å². The Balaban J connectivity index is 1.56. The first-order chi connectivity index (χ1) is 16.4. The van der Waals surface area contributed by atoms with E-state index in [1.807, 2.05) is 30.3 Å². The summed E-state index contributed by atoms with van der Waals surface area (Å²) in [5.41, 5.74) is 1.65. The number of carbonyl (C=O) groups is 3.